The van der Waals surface area contributed by atoms with Gasteiger partial charge in [-0.3, -0.25) is 9.48 Å². The third kappa shape index (κ3) is 6.20. The van der Waals surface area contributed by atoms with Gasteiger partial charge in [-0.05, 0) is 79.0 Å². The fourth-order valence-corrected chi connectivity index (χ4v) is 7.76. The number of aryl methyl sites for hydroxylation is 2. The number of fused-ring (bicyclic) bond motifs is 2. The zero-order valence-electron chi connectivity index (χ0n) is 25.1. The normalized spacial score (nSPS) is 14.0. The second-order valence-corrected chi connectivity index (χ2v) is 15.9. The van der Waals surface area contributed by atoms with Gasteiger partial charge in [0.2, 0.25) is 0 Å². The van der Waals surface area contributed by atoms with Crippen LogP contribution in [0.5, 0.6) is 0 Å². The summed E-state index contributed by atoms with van der Waals surface area (Å²) in [6.45, 7) is 3.95. The van der Waals surface area contributed by atoms with E-state index in [9.17, 15) is 13.6 Å². The smallest absolute Gasteiger partial charge is 0.264 e. The molecule has 5 rings (SSSR count). The average molecular weight is 598 g/mol. The third-order valence-corrected chi connectivity index (χ3v) is 10.8. The molecule has 0 bridgehead atoms. The Morgan fingerprint density at radius 1 is 1.17 bits per heavy atom. The van der Waals surface area contributed by atoms with Gasteiger partial charge in [0, 0.05) is 66.7 Å². The maximum Gasteiger partial charge on any atom is 0.264 e. The van der Waals surface area contributed by atoms with Crippen LogP contribution in [0, 0.1) is 0 Å². The molecule has 2 aromatic carbocycles. The number of aromatic nitrogens is 3. The van der Waals surface area contributed by atoms with Crippen LogP contribution >= 0.6 is 10.0 Å². The van der Waals surface area contributed by atoms with Gasteiger partial charge in [-0.1, -0.05) is 6.92 Å². The van der Waals surface area contributed by atoms with Crippen LogP contribution in [0.1, 0.15) is 47.7 Å². The van der Waals surface area contributed by atoms with Gasteiger partial charge in [-0.2, -0.15) is 5.10 Å². The highest BCUT2D eigenvalue weighted by Gasteiger charge is 2.26. The first-order valence-corrected chi connectivity index (χ1v) is 17.2. The summed E-state index contributed by atoms with van der Waals surface area (Å²) in [6.07, 6.45) is 10.2. The van der Waals surface area contributed by atoms with Gasteiger partial charge < -0.3 is 19.5 Å². The Kier molecular flexibility index (Phi) is 8.94. The van der Waals surface area contributed by atoms with Gasteiger partial charge >= 0.3 is 0 Å². The summed E-state index contributed by atoms with van der Waals surface area (Å²) in [5.74, 6) is 2.10. The summed E-state index contributed by atoms with van der Waals surface area (Å²) in [5.41, 5.74) is 5.33. The second kappa shape index (κ2) is 12.5. The lowest BCUT2D eigenvalue weighted by Gasteiger charge is -2.32. The van der Waals surface area contributed by atoms with E-state index in [1.165, 1.54) is 12.2 Å². The second-order valence-electron chi connectivity index (χ2n) is 11.5. The number of rotatable bonds is 11. The van der Waals surface area contributed by atoms with Gasteiger partial charge in [0.15, 0.2) is 0 Å². The molecule has 10 heteroatoms. The van der Waals surface area contributed by atoms with Gasteiger partial charge in [-0.15, -0.1) is 0 Å². The summed E-state index contributed by atoms with van der Waals surface area (Å²) >= 11 is 0. The molecule has 0 spiro atoms. The maximum absolute atomic E-state index is 14.3. The SMILES string of the molecule is CCCS(C)(C)CCOCn1cc(C(=O)NC)c2cc(N3CCCc4cc(-c5cnn(C)c5)c(C(F)F)cc43)ccc21. The number of hydrogen-bond acceptors (Lipinski definition) is 4. The van der Waals surface area contributed by atoms with Crippen LogP contribution in [-0.4, -0.2) is 64.5 Å². The quantitative estimate of drug-likeness (QED) is 0.192. The number of halogens is 2. The molecule has 0 radical (unpaired) electrons. The highest BCUT2D eigenvalue weighted by Crippen LogP contribution is 2.42. The predicted octanol–water partition coefficient (Wildman–Crippen LogP) is 6.87. The van der Waals surface area contributed by atoms with Crippen molar-refractivity contribution in [3.8, 4) is 11.1 Å². The first kappa shape index (κ1) is 30.1. The van der Waals surface area contributed by atoms with Crippen molar-refractivity contribution in [2.45, 2.75) is 39.3 Å². The van der Waals surface area contributed by atoms with Gasteiger partial charge in [0.25, 0.3) is 12.3 Å². The number of ether oxygens (including phenoxy) is 1. The molecular formula is C32H41F2N5O2S. The number of anilines is 2. The van der Waals surface area contributed by atoms with Gasteiger partial charge in [0.1, 0.15) is 6.73 Å². The van der Waals surface area contributed by atoms with E-state index >= 15 is 0 Å². The van der Waals surface area contributed by atoms with Crippen molar-refractivity contribution in [1.82, 2.24) is 19.7 Å². The van der Waals surface area contributed by atoms with E-state index in [2.05, 4.69) is 34.8 Å². The van der Waals surface area contributed by atoms with E-state index in [0.29, 0.717) is 36.6 Å². The molecule has 1 amide bonds. The van der Waals surface area contributed by atoms with Crippen molar-refractivity contribution >= 4 is 38.2 Å². The Bertz CT molecular complexity index is 1580. The molecule has 4 aromatic rings. The van der Waals surface area contributed by atoms with Crippen molar-refractivity contribution in [2.75, 3.05) is 49.1 Å². The third-order valence-electron chi connectivity index (χ3n) is 8.04. The van der Waals surface area contributed by atoms with E-state index in [-0.39, 0.29) is 11.5 Å². The minimum absolute atomic E-state index is 0.00645. The monoisotopic (exact) mass is 597 g/mol. The standard InChI is InChI=1S/C32H41F2N5O2S/c1-6-13-42(4,5)14-12-41-21-38-20-28(32(40)35-2)26-16-24(9-10-29(26)38)39-11-7-8-22-15-25(23-18-36-37(3)19-23)27(31(33)34)17-30(22)39/h9-10,15-20,31H,6-8,11-14,21H2,1-5H3,(H,35,40). The molecule has 2 aromatic heterocycles. The Labute approximate surface area is 248 Å². The molecule has 7 nitrogen and oxygen atoms in total. The molecule has 226 valence electrons. The molecule has 0 saturated carbocycles. The Hall–Kier alpha value is -3.37. The molecular weight excluding hydrogens is 556 g/mol. The molecule has 0 aliphatic carbocycles. The largest absolute Gasteiger partial charge is 0.360 e. The Morgan fingerprint density at radius 2 is 1.98 bits per heavy atom. The summed E-state index contributed by atoms with van der Waals surface area (Å²) < 4.78 is 38.4. The molecule has 0 saturated heterocycles. The van der Waals surface area contributed by atoms with Crippen LogP contribution in [-0.2, 0) is 24.9 Å². The first-order valence-electron chi connectivity index (χ1n) is 14.4. The van der Waals surface area contributed by atoms with E-state index in [1.807, 2.05) is 35.0 Å². The lowest BCUT2D eigenvalue weighted by atomic mass is 9.92. The van der Waals surface area contributed by atoms with Gasteiger partial charge in [-0.25, -0.2) is 18.8 Å². The number of alkyl halides is 2. The van der Waals surface area contributed by atoms with E-state index in [1.54, 1.807) is 37.2 Å². The van der Waals surface area contributed by atoms with E-state index in [4.69, 9.17) is 4.74 Å². The summed E-state index contributed by atoms with van der Waals surface area (Å²) in [6, 6.07) is 9.53. The summed E-state index contributed by atoms with van der Waals surface area (Å²) in [7, 11) is 2.74. The van der Waals surface area contributed by atoms with Crippen molar-refractivity contribution in [3.63, 3.8) is 0 Å². The highest BCUT2D eigenvalue weighted by molar-refractivity contribution is 8.32. The molecule has 42 heavy (non-hydrogen) atoms. The Morgan fingerprint density at radius 3 is 2.67 bits per heavy atom. The molecule has 1 aliphatic rings. The van der Waals surface area contributed by atoms with Crippen LogP contribution in [0.2, 0.25) is 0 Å². The van der Waals surface area contributed by atoms with Crippen molar-refractivity contribution < 1.29 is 18.3 Å². The van der Waals surface area contributed by atoms with Crippen LogP contribution in [0.3, 0.4) is 0 Å². The summed E-state index contributed by atoms with van der Waals surface area (Å²) in [5, 5.41) is 7.75. The molecule has 0 fully saturated rings. The first-order chi connectivity index (χ1) is 20.1. The lowest BCUT2D eigenvalue weighted by Crippen LogP contribution is -2.25. The number of carbonyl (C=O) groups excluding carboxylic acids is 1. The lowest BCUT2D eigenvalue weighted by molar-refractivity contribution is 0.0917. The average Bonchev–Trinajstić information content (AvgIpc) is 3.57. The molecule has 0 unspecified atom stereocenters. The van der Waals surface area contributed by atoms with Crippen LogP contribution in [0.15, 0.2) is 48.9 Å². The fraction of sp³-hybridized carbons (Fsp3) is 0.438. The molecule has 1 aliphatic heterocycles. The number of nitrogens with one attached hydrogen (secondary N) is 1. The minimum atomic E-state index is -2.63. The van der Waals surface area contributed by atoms with Gasteiger partial charge in [0.05, 0.1) is 23.9 Å². The number of hydrogen-bond donors (Lipinski definition) is 1. The maximum atomic E-state index is 14.3. The molecule has 1 N–H and O–H groups in total. The van der Waals surface area contributed by atoms with Crippen molar-refractivity contribution in [3.05, 3.63) is 65.6 Å². The van der Waals surface area contributed by atoms with Crippen molar-refractivity contribution in [2.24, 2.45) is 7.05 Å². The van der Waals surface area contributed by atoms with E-state index in [0.717, 1.165) is 46.4 Å². The van der Waals surface area contributed by atoms with Crippen molar-refractivity contribution in [1.29, 1.82) is 0 Å². The molecule has 3 heterocycles. The molecule has 0 atom stereocenters. The summed E-state index contributed by atoms with van der Waals surface area (Å²) in [4.78, 5) is 15.0. The number of benzene rings is 2. The minimum Gasteiger partial charge on any atom is -0.360 e. The topological polar surface area (TPSA) is 64.3 Å². The van der Waals surface area contributed by atoms with Crippen LogP contribution in [0.4, 0.5) is 20.2 Å². The number of amides is 1. The highest BCUT2D eigenvalue weighted by atomic mass is 32.3. The number of carbonyl (C=O) groups is 1. The number of nitrogens with zero attached hydrogens (tertiary/aromatic N) is 4. The fourth-order valence-electron chi connectivity index (χ4n) is 5.89. The zero-order chi connectivity index (χ0) is 30.0. The van der Waals surface area contributed by atoms with Crippen LogP contribution < -0.4 is 10.2 Å². The van der Waals surface area contributed by atoms with Crippen LogP contribution in [0.25, 0.3) is 22.0 Å². The predicted molar refractivity (Wildman–Crippen MR) is 170 cm³/mol. The van der Waals surface area contributed by atoms with E-state index < -0.39 is 16.5 Å². The zero-order valence-corrected chi connectivity index (χ0v) is 25.9. The Balaban J connectivity index is 1.48.